The van der Waals surface area contributed by atoms with Gasteiger partial charge in [-0.15, -0.1) is 0 Å². The Morgan fingerprint density at radius 3 is 2.35 bits per heavy atom. The molecule has 88 valence electrons. The Hall–Kier alpha value is -2.31. The number of aromatic carboxylic acids is 1. The number of aromatic nitrogens is 2. The predicted octanol–water partition coefficient (Wildman–Crippen LogP) is 2.19. The fourth-order valence-electron chi connectivity index (χ4n) is 1.42. The standard InChI is InChI=1S/C10H5F3N2O2/c11-4-1-6(12)8(7(13)2-4)9-5(10(16)17)3-14-15-9/h1-3H,(H,14,15)(H,16,17). The molecule has 0 aliphatic rings. The van der Waals surface area contributed by atoms with Crippen LogP contribution in [0.1, 0.15) is 10.4 Å². The minimum atomic E-state index is -1.39. The fraction of sp³-hybridized carbons (Fsp3) is 0. The van der Waals surface area contributed by atoms with E-state index >= 15 is 0 Å². The lowest BCUT2D eigenvalue weighted by atomic mass is 10.1. The maximum absolute atomic E-state index is 13.4. The molecule has 0 bridgehead atoms. The first-order valence-corrected chi connectivity index (χ1v) is 4.42. The number of carboxylic acids is 1. The molecule has 0 unspecified atom stereocenters. The summed E-state index contributed by atoms with van der Waals surface area (Å²) in [6.07, 6.45) is 0.917. The molecule has 2 aromatic rings. The van der Waals surface area contributed by atoms with Gasteiger partial charge in [0.15, 0.2) is 0 Å². The first-order valence-electron chi connectivity index (χ1n) is 4.42. The molecule has 0 aliphatic heterocycles. The zero-order chi connectivity index (χ0) is 12.6. The maximum Gasteiger partial charge on any atom is 0.339 e. The van der Waals surface area contributed by atoms with E-state index in [9.17, 15) is 18.0 Å². The Labute approximate surface area is 92.7 Å². The number of carboxylic acid groups (broad SMARTS) is 1. The molecule has 0 radical (unpaired) electrons. The van der Waals surface area contributed by atoms with E-state index < -0.39 is 34.5 Å². The number of aromatic amines is 1. The van der Waals surface area contributed by atoms with Gasteiger partial charge in [-0.3, -0.25) is 5.10 Å². The molecule has 0 aliphatic carbocycles. The number of halogens is 3. The van der Waals surface area contributed by atoms with Gasteiger partial charge in [0.2, 0.25) is 0 Å². The Kier molecular flexibility index (Phi) is 2.58. The molecule has 2 N–H and O–H groups in total. The van der Waals surface area contributed by atoms with Gasteiger partial charge >= 0.3 is 5.97 Å². The van der Waals surface area contributed by atoms with Gasteiger partial charge in [0, 0.05) is 12.1 Å². The first-order chi connectivity index (χ1) is 8.00. The predicted molar refractivity (Wildman–Crippen MR) is 50.9 cm³/mol. The molecule has 1 heterocycles. The van der Waals surface area contributed by atoms with Crippen molar-refractivity contribution >= 4 is 5.97 Å². The largest absolute Gasteiger partial charge is 0.478 e. The Balaban J connectivity index is 2.69. The zero-order valence-electron chi connectivity index (χ0n) is 8.17. The minimum absolute atomic E-state index is 0.340. The molecule has 7 heteroatoms. The molecular weight excluding hydrogens is 237 g/mol. The van der Waals surface area contributed by atoms with Crippen molar-refractivity contribution in [2.75, 3.05) is 0 Å². The SMILES string of the molecule is O=C(O)c1cn[nH]c1-c1c(F)cc(F)cc1F. The number of H-pyrrole nitrogens is 1. The monoisotopic (exact) mass is 242 g/mol. The molecule has 0 saturated heterocycles. The van der Waals surface area contributed by atoms with Crippen LogP contribution in [-0.2, 0) is 0 Å². The van der Waals surface area contributed by atoms with Crippen molar-refractivity contribution in [1.29, 1.82) is 0 Å². The van der Waals surface area contributed by atoms with Gasteiger partial charge in [0.1, 0.15) is 23.0 Å². The topological polar surface area (TPSA) is 66.0 Å². The lowest BCUT2D eigenvalue weighted by Crippen LogP contribution is -2.00. The quantitative estimate of drug-likeness (QED) is 0.848. The second-order valence-corrected chi connectivity index (χ2v) is 3.21. The third-order valence-electron chi connectivity index (χ3n) is 2.13. The van der Waals surface area contributed by atoms with E-state index in [1.807, 2.05) is 0 Å². The normalized spacial score (nSPS) is 10.5. The van der Waals surface area contributed by atoms with Crippen LogP contribution in [0.2, 0.25) is 0 Å². The van der Waals surface area contributed by atoms with Crippen LogP contribution in [0.5, 0.6) is 0 Å². The molecule has 1 aromatic carbocycles. The third-order valence-corrected chi connectivity index (χ3v) is 2.13. The molecule has 1 aromatic heterocycles. The van der Waals surface area contributed by atoms with Crippen molar-refractivity contribution in [2.45, 2.75) is 0 Å². The van der Waals surface area contributed by atoms with Gasteiger partial charge in [-0.05, 0) is 0 Å². The summed E-state index contributed by atoms with van der Waals surface area (Å²) in [6, 6.07) is 0.926. The number of hydrogen-bond donors (Lipinski definition) is 2. The van der Waals surface area contributed by atoms with Crippen LogP contribution in [0, 0.1) is 17.5 Å². The second-order valence-electron chi connectivity index (χ2n) is 3.21. The van der Waals surface area contributed by atoms with E-state index in [-0.39, 0.29) is 5.69 Å². The van der Waals surface area contributed by atoms with Crippen molar-refractivity contribution in [1.82, 2.24) is 10.2 Å². The van der Waals surface area contributed by atoms with E-state index in [1.54, 1.807) is 0 Å². The van der Waals surface area contributed by atoms with E-state index in [0.29, 0.717) is 12.1 Å². The van der Waals surface area contributed by atoms with Crippen LogP contribution < -0.4 is 0 Å². The third kappa shape index (κ3) is 1.86. The molecule has 17 heavy (non-hydrogen) atoms. The summed E-state index contributed by atoms with van der Waals surface area (Å²) in [4.78, 5) is 10.8. The Morgan fingerprint density at radius 1 is 1.24 bits per heavy atom. The number of carbonyl (C=O) groups is 1. The highest BCUT2D eigenvalue weighted by atomic mass is 19.1. The van der Waals surface area contributed by atoms with Gasteiger partial charge in [-0.2, -0.15) is 5.10 Å². The highest BCUT2D eigenvalue weighted by molar-refractivity contribution is 5.94. The molecule has 0 atom stereocenters. The molecule has 2 rings (SSSR count). The smallest absolute Gasteiger partial charge is 0.339 e. The zero-order valence-corrected chi connectivity index (χ0v) is 8.17. The number of nitrogens with one attached hydrogen (secondary N) is 1. The maximum atomic E-state index is 13.4. The van der Waals surface area contributed by atoms with Crippen LogP contribution in [0.25, 0.3) is 11.3 Å². The Morgan fingerprint density at radius 2 is 1.82 bits per heavy atom. The second kappa shape index (κ2) is 3.93. The fourth-order valence-corrected chi connectivity index (χ4v) is 1.42. The number of rotatable bonds is 2. The van der Waals surface area contributed by atoms with Gasteiger partial charge in [-0.1, -0.05) is 0 Å². The highest BCUT2D eigenvalue weighted by Crippen LogP contribution is 2.27. The van der Waals surface area contributed by atoms with Crippen LogP contribution >= 0.6 is 0 Å². The lowest BCUT2D eigenvalue weighted by molar-refractivity contribution is 0.0698. The van der Waals surface area contributed by atoms with Crippen LogP contribution in [0.4, 0.5) is 13.2 Å². The van der Waals surface area contributed by atoms with Crippen LogP contribution in [0.15, 0.2) is 18.3 Å². The average Bonchev–Trinajstić information content (AvgIpc) is 2.64. The van der Waals surface area contributed by atoms with Gasteiger partial charge in [-0.25, -0.2) is 18.0 Å². The number of benzene rings is 1. The molecule has 0 amide bonds. The minimum Gasteiger partial charge on any atom is -0.478 e. The van der Waals surface area contributed by atoms with Gasteiger partial charge in [0.05, 0.1) is 17.5 Å². The van der Waals surface area contributed by atoms with Crippen LogP contribution in [0.3, 0.4) is 0 Å². The summed E-state index contributed by atoms with van der Waals surface area (Å²) in [5.41, 5.74) is -1.39. The van der Waals surface area contributed by atoms with Crippen molar-refractivity contribution in [2.24, 2.45) is 0 Å². The number of nitrogens with zero attached hydrogens (tertiary/aromatic N) is 1. The van der Waals surface area contributed by atoms with E-state index in [0.717, 1.165) is 6.20 Å². The van der Waals surface area contributed by atoms with Crippen LogP contribution in [-0.4, -0.2) is 21.3 Å². The molecular formula is C10H5F3N2O2. The number of hydrogen-bond acceptors (Lipinski definition) is 2. The Bertz CT molecular complexity index is 572. The molecule has 0 saturated carbocycles. The van der Waals surface area contributed by atoms with E-state index in [2.05, 4.69) is 10.2 Å². The summed E-state index contributed by atoms with van der Waals surface area (Å²) in [6.45, 7) is 0. The van der Waals surface area contributed by atoms with Crippen molar-refractivity contribution in [3.05, 3.63) is 41.3 Å². The highest BCUT2D eigenvalue weighted by Gasteiger charge is 2.21. The van der Waals surface area contributed by atoms with Crippen molar-refractivity contribution in [3.8, 4) is 11.3 Å². The van der Waals surface area contributed by atoms with E-state index in [4.69, 9.17) is 5.11 Å². The van der Waals surface area contributed by atoms with Gasteiger partial charge < -0.3 is 5.11 Å². The summed E-state index contributed by atoms with van der Waals surface area (Å²) in [5.74, 6) is -4.87. The van der Waals surface area contributed by atoms with Crippen molar-refractivity contribution in [3.63, 3.8) is 0 Å². The molecule has 0 spiro atoms. The summed E-state index contributed by atoms with van der Waals surface area (Å²) >= 11 is 0. The average molecular weight is 242 g/mol. The molecule has 0 fully saturated rings. The van der Waals surface area contributed by atoms with Crippen molar-refractivity contribution < 1.29 is 23.1 Å². The summed E-state index contributed by atoms with van der Waals surface area (Å²) in [5, 5.41) is 14.3. The molecule has 4 nitrogen and oxygen atoms in total. The summed E-state index contributed by atoms with van der Waals surface area (Å²) < 4.78 is 39.5. The van der Waals surface area contributed by atoms with E-state index in [1.165, 1.54) is 0 Å². The summed E-state index contributed by atoms with van der Waals surface area (Å²) in [7, 11) is 0. The lowest BCUT2D eigenvalue weighted by Gasteiger charge is -2.04. The first kappa shape index (κ1) is 11.2. The van der Waals surface area contributed by atoms with Gasteiger partial charge in [0.25, 0.3) is 0 Å².